The Morgan fingerprint density at radius 1 is 1.12 bits per heavy atom. The second kappa shape index (κ2) is 7.82. The first-order valence-electron chi connectivity index (χ1n) is 7.26. The zero-order valence-electron chi connectivity index (χ0n) is 13.0. The molecule has 2 aromatic rings. The highest BCUT2D eigenvalue weighted by molar-refractivity contribution is 6.26. The van der Waals surface area contributed by atoms with Gasteiger partial charge < -0.3 is 4.74 Å². The van der Waals surface area contributed by atoms with E-state index in [1.807, 2.05) is 0 Å². The lowest BCUT2D eigenvalue weighted by molar-refractivity contribution is -0.384. The molecule has 6 nitrogen and oxygen atoms in total. The van der Waals surface area contributed by atoms with Gasteiger partial charge in [0.25, 0.3) is 5.69 Å². The number of ketones is 1. The Labute approximate surface area is 138 Å². The second-order valence-electron chi connectivity index (χ2n) is 4.83. The fraction of sp³-hybridized carbons (Fsp3) is 0.111. The maximum Gasteiger partial charge on any atom is 0.342 e. The number of nitro groups is 1. The van der Waals surface area contributed by atoms with Crippen LogP contribution in [0.25, 0.3) is 6.08 Å². The summed E-state index contributed by atoms with van der Waals surface area (Å²) in [5.41, 5.74) is 0.404. The van der Waals surface area contributed by atoms with Gasteiger partial charge in [-0.3, -0.25) is 14.9 Å². The van der Waals surface area contributed by atoms with Crippen molar-refractivity contribution in [2.75, 3.05) is 6.61 Å². The van der Waals surface area contributed by atoms with Crippen LogP contribution in [0, 0.1) is 10.1 Å². The number of nitrogens with zero attached hydrogens (tertiary/aromatic N) is 1. The average Bonchev–Trinajstić information content (AvgIpc) is 2.60. The smallest absolute Gasteiger partial charge is 0.342 e. The summed E-state index contributed by atoms with van der Waals surface area (Å²) in [6, 6.07) is 14.0. The second-order valence-corrected chi connectivity index (χ2v) is 4.83. The molecule has 0 aliphatic heterocycles. The number of non-ortho nitro benzene ring substituents is 1. The van der Waals surface area contributed by atoms with Crippen molar-refractivity contribution < 1.29 is 19.2 Å². The van der Waals surface area contributed by atoms with Crippen molar-refractivity contribution in [3.63, 3.8) is 0 Å². The number of carbonyl (C=O) groups is 2. The highest BCUT2D eigenvalue weighted by atomic mass is 16.6. The summed E-state index contributed by atoms with van der Waals surface area (Å²) in [5.74, 6) is -1.27. The van der Waals surface area contributed by atoms with Gasteiger partial charge in [0.1, 0.15) is 5.57 Å². The van der Waals surface area contributed by atoms with Crippen LogP contribution in [0.4, 0.5) is 5.69 Å². The molecule has 2 rings (SSSR count). The maximum atomic E-state index is 12.6. The molecule has 0 heterocycles. The minimum atomic E-state index is -0.766. The topological polar surface area (TPSA) is 86.5 Å². The third-order valence-corrected chi connectivity index (χ3v) is 3.17. The van der Waals surface area contributed by atoms with E-state index in [0.29, 0.717) is 11.1 Å². The molecule has 6 heteroatoms. The molecule has 0 saturated carbocycles. The number of carbonyl (C=O) groups excluding carboxylic acids is 2. The third kappa shape index (κ3) is 4.13. The van der Waals surface area contributed by atoms with E-state index in [1.54, 1.807) is 43.3 Å². The fourth-order valence-corrected chi connectivity index (χ4v) is 2.07. The molecule has 0 fully saturated rings. The molecule has 0 N–H and O–H groups in total. The summed E-state index contributed by atoms with van der Waals surface area (Å²) in [6.45, 7) is 1.75. The summed E-state index contributed by atoms with van der Waals surface area (Å²) in [4.78, 5) is 35.0. The van der Waals surface area contributed by atoms with Crippen LogP contribution in [-0.4, -0.2) is 23.3 Å². The van der Waals surface area contributed by atoms with E-state index in [9.17, 15) is 19.7 Å². The van der Waals surface area contributed by atoms with E-state index >= 15 is 0 Å². The van der Waals surface area contributed by atoms with Gasteiger partial charge in [-0.05, 0) is 18.6 Å². The summed E-state index contributed by atoms with van der Waals surface area (Å²) in [5, 5.41) is 10.9. The van der Waals surface area contributed by atoms with E-state index in [0.717, 1.165) is 0 Å². The molecule has 0 amide bonds. The van der Waals surface area contributed by atoms with Crippen LogP contribution >= 0.6 is 0 Å². The maximum absolute atomic E-state index is 12.6. The van der Waals surface area contributed by atoms with Gasteiger partial charge in [-0.2, -0.15) is 0 Å². The van der Waals surface area contributed by atoms with Crippen molar-refractivity contribution >= 4 is 23.5 Å². The molecule has 0 aliphatic carbocycles. The average molecular weight is 325 g/mol. The fourth-order valence-electron chi connectivity index (χ4n) is 2.07. The third-order valence-electron chi connectivity index (χ3n) is 3.17. The van der Waals surface area contributed by atoms with E-state index in [1.165, 1.54) is 24.3 Å². The molecular formula is C18H15NO5. The first-order chi connectivity index (χ1) is 11.5. The molecule has 24 heavy (non-hydrogen) atoms. The lowest BCUT2D eigenvalue weighted by Gasteiger charge is -2.07. The molecular weight excluding hydrogens is 310 g/mol. The van der Waals surface area contributed by atoms with Gasteiger partial charge in [0.15, 0.2) is 5.78 Å². The molecule has 0 unspecified atom stereocenters. The van der Waals surface area contributed by atoms with E-state index in [-0.39, 0.29) is 17.9 Å². The highest BCUT2D eigenvalue weighted by Gasteiger charge is 2.21. The Balaban J connectivity index is 2.46. The molecule has 2 aromatic carbocycles. The Morgan fingerprint density at radius 2 is 1.83 bits per heavy atom. The number of benzene rings is 2. The summed E-state index contributed by atoms with van der Waals surface area (Å²) < 4.78 is 4.93. The first kappa shape index (κ1) is 17.1. The number of rotatable bonds is 6. The van der Waals surface area contributed by atoms with Crippen LogP contribution < -0.4 is 0 Å². The van der Waals surface area contributed by atoms with E-state index in [4.69, 9.17) is 4.74 Å². The molecule has 0 saturated heterocycles. The van der Waals surface area contributed by atoms with Gasteiger partial charge in [-0.1, -0.05) is 42.5 Å². The van der Waals surface area contributed by atoms with Crippen LogP contribution in [-0.2, 0) is 9.53 Å². The predicted octanol–water partition coefficient (Wildman–Crippen LogP) is 3.42. The molecule has 0 spiro atoms. The van der Waals surface area contributed by atoms with Crippen molar-refractivity contribution in [1.29, 1.82) is 0 Å². The van der Waals surface area contributed by atoms with Gasteiger partial charge in [0.2, 0.25) is 0 Å². The standard InChI is InChI=1S/C18H15NO5/c1-2-24-18(21)16(17(20)14-8-4-3-5-9-14)12-13-7-6-10-15(11-13)19(22)23/h3-12H,2H2,1H3/b16-12+. The number of hydrogen-bond acceptors (Lipinski definition) is 5. The molecule has 0 bridgehead atoms. The van der Waals surface area contributed by atoms with Crippen LogP contribution in [0.2, 0.25) is 0 Å². The lowest BCUT2D eigenvalue weighted by Crippen LogP contribution is -2.16. The normalized spacial score (nSPS) is 11.0. The Kier molecular flexibility index (Phi) is 5.57. The van der Waals surface area contributed by atoms with Crippen LogP contribution in [0.3, 0.4) is 0 Å². The zero-order chi connectivity index (χ0) is 17.5. The van der Waals surface area contributed by atoms with E-state index < -0.39 is 16.7 Å². The summed E-state index contributed by atoms with van der Waals surface area (Å²) >= 11 is 0. The SMILES string of the molecule is CCOC(=O)/C(=C/c1cccc([N+](=O)[O-])c1)C(=O)c1ccccc1. The zero-order valence-corrected chi connectivity index (χ0v) is 13.0. The van der Waals surface area contributed by atoms with Crippen LogP contribution in [0.5, 0.6) is 0 Å². The van der Waals surface area contributed by atoms with E-state index in [2.05, 4.69) is 0 Å². The Hall–Kier alpha value is -3.28. The molecule has 0 aromatic heterocycles. The largest absolute Gasteiger partial charge is 0.462 e. The van der Waals surface area contributed by atoms with Crippen molar-refractivity contribution in [1.82, 2.24) is 0 Å². The number of hydrogen-bond donors (Lipinski definition) is 0. The molecule has 0 radical (unpaired) electrons. The number of ether oxygens (including phenoxy) is 1. The summed E-state index contributed by atoms with van der Waals surface area (Å²) in [7, 11) is 0. The lowest BCUT2D eigenvalue weighted by atomic mass is 10.0. The minimum absolute atomic E-state index is 0.118. The first-order valence-corrected chi connectivity index (χ1v) is 7.26. The van der Waals surface area contributed by atoms with Gasteiger partial charge >= 0.3 is 5.97 Å². The minimum Gasteiger partial charge on any atom is -0.462 e. The van der Waals surface area contributed by atoms with Crippen LogP contribution in [0.15, 0.2) is 60.2 Å². The number of esters is 1. The predicted molar refractivity (Wildman–Crippen MR) is 88.5 cm³/mol. The number of nitro benzene ring substituents is 1. The Morgan fingerprint density at radius 3 is 2.46 bits per heavy atom. The summed E-state index contributed by atoms with van der Waals surface area (Å²) in [6.07, 6.45) is 1.31. The van der Waals surface area contributed by atoms with Gasteiger partial charge in [-0.15, -0.1) is 0 Å². The van der Waals surface area contributed by atoms with Crippen LogP contribution in [0.1, 0.15) is 22.8 Å². The van der Waals surface area contributed by atoms with Gasteiger partial charge in [-0.25, -0.2) is 4.79 Å². The monoisotopic (exact) mass is 325 g/mol. The van der Waals surface area contributed by atoms with Crippen molar-refractivity contribution in [3.05, 3.63) is 81.4 Å². The van der Waals surface area contributed by atoms with Crippen molar-refractivity contribution in [2.24, 2.45) is 0 Å². The van der Waals surface area contributed by atoms with Crippen molar-refractivity contribution in [2.45, 2.75) is 6.92 Å². The van der Waals surface area contributed by atoms with Gasteiger partial charge in [0, 0.05) is 17.7 Å². The molecule has 0 aliphatic rings. The molecule has 0 atom stereocenters. The number of Topliss-reactive ketones (excluding diaryl/α,β-unsaturated/α-hetero) is 1. The highest BCUT2D eigenvalue weighted by Crippen LogP contribution is 2.18. The quantitative estimate of drug-likeness (QED) is 0.154. The van der Waals surface area contributed by atoms with Gasteiger partial charge in [0.05, 0.1) is 11.5 Å². The molecule has 122 valence electrons. The van der Waals surface area contributed by atoms with Crippen molar-refractivity contribution in [3.8, 4) is 0 Å². The Bertz CT molecular complexity index is 796.